The maximum Gasteiger partial charge on any atom is 0.222 e. The van der Waals surface area contributed by atoms with Crippen LogP contribution >= 0.6 is 0 Å². The Morgan fingerprint density at radius 2 is 1.69 bits per heavy atom. The van der Waals surface area contributed by atoms with Gasteiger partial charge >= 0.3 is 0 Å². The number of nitrogens with zero attached hydrogens (tertiary/aromatic N) is 1. The van der Waals surface area contributed by atoms with Crippen molar-refractivity contribution in [3.8, 4) is 5.75 Å². The highest BCUT2D eigenvalue weighted by Gasteiger charge is 2.56. The van der Waals surface area contributed by atoms with Crippen molar-refractivity contribution in [2.45, 2.75) is 142 Å². The number of phenols is 1. The number of carbonyl (C=O) groups is 1. The Kier molecular flexibility index (Phi) is 11.2. The van der Waals surface area contributed by atoms with Gasteiger partial charge in [0.15, 0.2) is 0 Å². The van der Waals surface area contributed by atoms with Gasteiger partial charge in [-0.3, -0.25) is 4.79 Å². The van der Waals surface area contributed by atoms with E-state index < -0.39 is 0 Å². The van der Waals surface area contributed by atoms with Crippen molar-refractivity contribution in [3.05, 3.63) is 29.3 Å². The number of rotatable bonds is 15. The fourth-order valence-electron chi connectivity index (χ4n) is 8.74. The van der Waals surface area contributed by atoms with Gasteiger partial charge in [-0.25, -0.2) is 0 Å². The van der Waals surface area contributed by atoms with Gasteiger partial charge in [-0.05, 0) is 111 Å². The van der Waals surface area contributed by atoms with Gasteiger partial charge in [0.2, 0.25) is 5.91 Å². The van der Waals surface area contributed by atoms with Crippen LogP contribution in [0.4, 0.5) is 0 Å². The van der Waals surface area contributed by atoms with E-state index in [4.69, 9.17) is 0 Å². The summed E-state index contributed by atoms with van der Waals surface area (Å²) in [5.74, 6) is 3.36. The molecular formula is C35H57NO3. The highest BCUT2D eigenvalue weighted by atomic mass is 16.3. The normalized spacial score (nSPS) is 29.5. The average Bonchev–Trinajstić information content (AvgIpc) is 3.23. The summed E-state index contributed by atoms with van der Waals surface area (Å²) in [4.78, 5) is 14.4. The van der Waals surface area contributed by atoms with E-state index in [1.165, 1.54) is 75.3 Å². The molecule has 1 amide bonds. The Balaban J connectivity index is 1.18. The second-order valence-corrected chi connectivity index (χ2v) is 13.5. The Morgan fingerprint density at radius 1 is 0.974 bits per heavy atom. The molecule has 2 fully saturated rings. The molecule has 3 unspecified atom stereocenters. The molecule has 2 N–H and O–H groups in total. The number of unbranched alkanes of at least 4 members (excludes halogenated alkanes) is 8. The van der Waals surface area contributed by atoms with E-state index in [0.717, 1.165) is 58.0 Å². The smallest absolute Gasteiger partial charge is 0.222 e. The fourth-order valence-corrected chi connectivity index (χ4v) is 8.74. The molecule has 0 aromatic heterocycles. The number of hydrogen-bond donors (Lipinski definition) is 2. The standard InChI is InChI=1S/C35H57NO3/c1-4-6-23-36(5-2)33(39)16-14-12-10-8-7-9-11-13-15-26-24-27-25-28(37)17-18-29(27)30-21-22-35(3)31(34(26)30)19-20-32(35)38/h17-18,25-26,30-32,34,37-38H,4-16,19-24H2,1-3H3/t26-,30?,31?,32+,34?,35+/m1/s1. The Bertz CT molecular complexity index is 915. The lowest BCUT2D eigenvalue weighted by Crippen LogP contribution is -2.47. The molecule has 0 bridgehead atoms. The summed E-state index contributed by atoms with van der Waals surface area (Å²) in [7, 11) is 0. The van der Waals surface area contributed by atoms with Gasteiger partial charge in [-0.1, -0.05) is 71.3 Å². The van der Waals surface area contributed by atoms with Crippen molar-refractivity contribution >= 4 is 5.91 Å². The second-order valence-electron chi connectivity index (χ2n) is 13.5. The van der Waals surface area contributed by atoms with Crippen molar-refractivity contribution in [2.24, 2.45) is 23.2 Å². The largest absolute Gasteiger partial charge is 0.508 e. The van der Waals surface area contributed by atoms with Crippen LogP contribution in [0.1, 0.15) is 141 Å². The molecule has 4 rings (SSSR count). The molecule has 220 valence electrons. The summed E-state index contributed by atoms with van der Waals surface area (Å²) >= 11 is 0. The number of phenolic OH excluding ortho intramolecular Hbond substituents is 1. The van der Waals surface area contributed by atoms with Crippen LogP contribution in [0.25, 0.3) is 0 Å². The number of fused-ring (bicyclic) bond motifs is 5. The van der Waals surface area contributed by atoms with Crippen molar-refractivity contribution in [3.63, 3.8) is 0 Å². The fraction of sp³-hybridized carbons (Fsp3) is 0.800. The number of carbonyl (C=O) groups excluding carboxylic acids is 1. The maximum atomic E-state index is 12.4. The number of aliphatic hydroxyl groups is 1. The second kappa shape index (κ2) is 14.4. The third kappa shape index (κ3) is 7.21. The third-order valence-corrected chi connectivity index (χ3v) is 11.1. The van der Waals surface area contributed by atoms with Gasteiger partial charge in [0.05, 0.1) is 6.10 Å². The maximum absolute atomic E-state index is 12.4. The molecule has 0 saturated heterocycles. The number of aromatic hydroxyl groups is 1. The molecule has 4 heteroatoms. The minimum Gasteiger partial charge on any atom is -0.508 e. The molecule has 4 nitrogen and oxygen atoms in total. The highest BCUT2D eigenvalue weighted by molar-refractivity contribution is 5.76. The lowest BCUT2D eigenvalue weighted by atomic mass is 9.52. The van der Waals surface area contributed by atoms with Crippen LogP contribution in [0, 0.1) is 23.2 Å². The Hall–Kier alpha value is -1.55. The van der Waals surface area contributed by atoms with Crippen LogP contribution in [0.2, 0.25) is 0 Å². The van der Waals surface area contributed by atoms with Crippen molar-refractivity contribution in [1.82, 2.24) is 4.90 Å². The van der Waals surface area contributed by atoms with Crippen molar-refractivity contribution in [2.75, 3.05) is 13.1 Å². The number of aliphatic hydroxyl groups excluding tert-OH is 1. The Morgan fingerprint density at radius 3 is 2.41 bits per heavy atom. The lowest BCUT2D eigenvalue weighted by molar-refractivity contribution is -0.131. The molecule has 1 aromatic carbocycles. The van der Waals surface area contributed by atoms with Gasteiger partial charge in [0.25, 0.3) is 0 Å². The zero-order chi connectivity index (χ0) is 27.8. The van der Waals surface area contributed by atoms with E-state index in [2.05, 4.69) is 26.8 Å². The van der Waals surface area contributed by atoms with E-state index in [0.29, 0.717) is 35.3 Å². The SMILES string of the molecule is CCCCN(CC)C(=O)CCCCCCCCCC[C@@H]1Cc2cc(O)ccc2C2CC[C@@]3(C)C(CC[C@@H]3O)C21. The summed E-state index contributed by atoms with van der Waals surface area (Å²) < 4.78 is 0. The average molecular weight is 540 g/mol. The lowest BCUT2D eigenvalue weighted by Gasteiger charge is -2.53. The van der Waals surface area contributed by atoms with E-state index >= 15 is 0 Å². The first-order valence-electron chi connectivity index (χ1n) is 16.7. The summed E-state index contributed by atoms with van der Waals surface area (Å²) in [5, 5.41) is 21.1. The predicted molar refractivity (Wildman–Crippen MR) is 161 cm³/mol. The van der Waals surface area contributed by atoms with Crippen LogP contribution < -0.4 is 0 Å². The van der Waals surface area contributed by atoms with Crippen molar-refractivity contribution < 1.29 is 15.0 Å². The monoisotopic (exact) mass is 539 g/mol. The number of amides is 1. The van der Waals surface area contributed by atoms with Crippen LogP contribution in [-0.2, 0) is 11.2 Å². The van der Waals surface area contributed by atoms with Crippen molar-refractivity contribution in [1.29, 1.82) is 0 Å². The van der Waals surface area contributed by atoms with Gasteiger partial charge < -0.3 is 15.1 Å². The molecule has 2 saturated carbocycles. The molecule has 0 aliphatic heterocycles. The zero-order valence-electron chi connectivity index (χ0n) is 25.3. The third-order valence-electron chi connectivity index (χ3n) is 11.1. The summed E-state index contributed by atoms with van der Waals surface area (Å²) in [6, 6.07) is 6.13. The highest BCUT2D eigenvalue weighted by Crippen LogP contribution is 2.62. The van der Waals surface area contributed by atoms with Gasteiger partial charge in [-0.15, -0.1) is 0 Å². The molecule has 6 atom stereocenters. The Labute approximate surface area is 239 Å². The molecule has 39 heavy (non-hydrogen) atoms. The molecular weight excluding hydrogens is 482 g/mol. The molecule has 3 aliphatic rings. The first-order chi connectivity index (χ1) is 18.9. The number of hydrogen-bond acceptors (Lipinski definition) is 3. The molecule has 1 aromatic rings. The minimum absolute atomic E-state index is 0.1000. The number of benzene rings is 1. The van der Waals surface area contributed by atoms with Crippen LogP contribution in [-0.4, -0.2) is 40.2 Å². The summed E-state index contributed by atoms with van der Waals surface area (Å²) in [5.41, 5.74) is 2.97. The van der Waals surface area contributed by atoms with Gasteiger partial charge in [0, 0.05) is 19.5 Å². The topological polar surface area (TPSA) is 60.8 Å². The minimum atomic E-state index is -0.130. The van der Waals surface area contributed by atoms with Crippen LogP contribution in [0.3, 0.4) is 0 Å². The van der Waals surface area contributed by atoms with E-state index in [9.17, 15) is 15.0 Å². The molecule has 0 radical (unpaired) electrons. The van der Waals surface area contributed by atoms with Gasteiger partial charge in [-0.2, -0.15) is 0 Å². The van der Waals surface area contributed by atoms with Gasteiger partial charge in [0.1, 0.15) is 5.75 Å². The first kappa shape index (κ1) is 30.4. The first-order valence-corrected chi connectivity index (χ1v) is 16.7. The van der Waals surface area contributed by atoms with Crippen LogP contribution in [0.15, 0.2) is 18.2 Å². The molecule has 3 aliphatic carbocycles. The molecule has 0 heterocycles. The quantitative estimate of drug-likeness (QED) is 0.220. The van der Waals surface area contributed by atoms with E-state index in [1.807, 2.05) is 17.0 Å². The zero-order valence-corrected chi connectivity index (χ0v) is 25.3. The molecule has 0 spiro atoms. The summed E-state index contributed by atoms with van der Waals surface area (Å²) in [6.07, 6.45) is 19.7. The van der Waals surface area contributed by atoms with Crippen LogP contribution in [0.5, 0.6) is 5.75 Å². The predicted octanol–water partition coefficient (Wildman–Crippen LogP) is 8.38. The van der Waals surface area contributed by atoms with E-state index in [1.54, 1.807) is 0 Å². The summed E-state index contributed by atoms with van der Waals surface area (Å²) in [6.45, 7) is 8.41. The van der Waals surface area contributed by atoms with E-state index in [-0.39, 0.29) is 11.5 Å².